The summed E-state index contributed by atoms with van der Waals surface area (Å²) in [5.74, 6) is -1.38. The molecule has 4 aliphatic rings. The fraction of sp³-hybridized carbons (Fsp3) is 0.692. The summed E-state index contributed by atoms with van der Waals surface area (Å²) in [6.07, 6.45) is 1.34. The third-order valence-electron chi connectivity index (χ3n) is 5.49. The Morgan fingerprint density at radius 1 is 0.647 bits per heavy atom. The predicted octanol–water partition coefficient (Wildman–Crippen LogP) is 0.329. The smallest absolute Gasteiger partial charge is 0.144 e. The fourth-order valence-corrected chi connectivity index (χ4v) is 5.21. The van der Waals surface area contributed by atoms with E-state index in [1.807, 2.05) is 0 Å². The van der Waals surface area contributed by atoms with Crippen LogP contribution in [0.5, 0.6) is 0 Å². The van der Waals surface area contributed by atoms with Gasteiger partial charge in [-0.1, -0.05) is 0 Å². The van der Waals surface area contributed by atoms with E-state index < -0.39 is 17.3 Å². The number of Topliss-reactive ketones (excluding diaryl/α,β-unsaturated/α-hetero) is 4. The summed E-state index contributed by atoms with van der Waals surface area (Å²) in [6, 6.07) is 0. The van der Waals surface area contributed by atoms with E-state index in [1.54, 1.807) is 0 Å². The summed E-state index contributed by atoms with van der Waals surface area (Å²) < 4.78 is 0. The molecule has 0 aromatic rings. The maximum atomic E-state index is 12.0. The number of hydrogen-bond donors (Lipinski definition) is 0. The molecule has 17 heavy (non-hydrogen) atoms. The molecule has 0 N–H and O–H groups in total. The van der Waals surface area contributed by atoms with Gasteiger partial charge in [0.05, 0.1) is 11.8 Å². The normalized spacial score (nSPS) is 51.3. The molecule has 0 saturated heterocycles. The molecule has 0 radical (unpaired) electrons. The molecule has 0 amide bonds. The highest BCUT2D eigenvalue weighted by Crippen LogP contribution is 2.70. The average Bonchev–Trinajstić information content (AvgIpc) is 2.80. The highest BCUT2D eigenvalue weighted by atomic mass is 16.2. The Hall–Kier alpha value is -1.32. The quantitative estimate of drug-likeness (QED) is 0.564. The first-order chi connectivity index (χ1) is 8.06. The van der Waals surface area contributed by atoms with Crippen LogP contribution in [-0.4, -0.2) is 23.1 Å². The van der Waals surface area contributed by atoms with Crippen LogP contribution in [0.15, 0.2) is 0 Å². The van der Waals surface area contributed by atoms with Gasteiger partial charge in [0.15, 0.2) is 0 Å². The number of ketones is 4. The van der Waals surface area contributed by atoms with Crippen molar-refractivity contribution in [2.45, 2.75) is 25.7 Å². The van der Waals surface area contributed by atoms with Crippen LogP contribution in [0.4, 0.5) is 0 Å². The lowest BCUT2D eigenvalue weighted by Gasteiger charge is -2.31. The van der Waals surface area contributed by atoms with Crippen LogP contribution in [0.25, 0.3) is 0 Å². The van der Waals surface area contributed by atoms with E-state index in [0.29, 0.717) is 25.7 Å². The summed E-state index contributed by atoms with van der Waals surface area (Å²) in [7, 11) is 0. The van der Waals surface area contributed by atoms with Crippen LogP contribution in [-0.2, 0) is 19.2 Å². The monoisotopic (exact) mass is 232 g/mol. The van der Waals surface area contributed by atoms with Crippen molar-refractivity contribution in [2.75, 3.05) is 0 Å². The van der Waals surface area contributed by atoms with Gasteiger partial charge in [-0.15, -0.1) is 0 Å². The van der Waals surface area contributed by atoms with E-state index in [0.717, 1.165) is 0 Å². The first kappa shape index (κ1) is 9.68. The molecular formula is C13H12O4. The van der Waals surface area contributed by atoms with Gasteiger partial charge in [-0.05, 0) is 11.8 Å². The van der Waals surface area contributed by atoms with Crippen LogP contribution in [0, 0.1) is 29.1 Å². The van der Waals surface area contributed by atoms with E-state index >= 15 is 0 Å². The zero-order valence-electron chi connectivity index (χ0n) is 9.27. The molecule has 0 aliphatic heterocycles. The van der Waals surface area contributed by atoms with Crippen LogP contribution in [0.2, 0.25) is 0 Å². The molecule has 4 nitrogen and oxygen atoms in total. The van der Waals surface area contributed by atoms with E-state index in [2.05, 4.69) is 0 Å². The predicted molar refractivity (Wildman–Crippen MR) is 54.9 cm³/mol. The molecule has 0 bridgehead atoms. The van der Waals surface area contributed by atoms with E-state index in [1.165, 1.54) is 0 Å². The summed E-state index contributed by atoms with van der Waals surface area (Å²) in [5, 5.41) is 0. The maximum Gasteiger partial charge on any atom is 0.144 e. The number of rotatable bonds is 0. The second kappa shape index (κ2) is 2.57. The first-order valence-electron chi connectivity index (χ1n) is 6.17. The van der Waals surface area contributed by atoms with Crippen molar-refractivity contribution in [2.24, 2.45) is 29.1 Å². The zero-order chi connectivity index (χ0) is 11.9. The van der Waals surface area contributed by atoms with Gasteiger partial charge in [-0.3, -0.25) is 19.2 Å². The molecule has 1 spiro atoms. The van der Waals surface area contributed by atoms with Gasteiger partial charge < -0.3 is 0 Å². The van der Waals surface area contributed by atoms with E-state index in [9.17, 15) is 19.2 Å². The van der Waals surface area contributed by atoms with Crippen LogP contribution in [0.3, 0.4) is 0 Å². The third-order valence-corrected chi connectivity index (χ3v) is 5.49. The molecule has 4 saturated carbocycles. The Morgan fingerprint density at radius 2 is 0.941 bits per heavy atom. The van der Waals surface area contributed by atoms with Crippen molar-refractivity contribution in [1.82, 2.24) is 0 Å². The van der Waals surface area contributed by atoms with Crippen LogP contribution in [0.1, 0.15) is 25.7 Å². The number of carbonyl (C=O) groups excluding carboxylic acids is 4. The second-order valence-corrected chi connectivity index (χ2v) is 5.94. The summed E-state index contributed by atoms with van der Waals surface area (Å²) >= 11 is 0. The highest BCUT2D eigenvalue weighted by molar-refractivity contribution is 6.16. The largest absolute Gasteiger partial charge is 0.299 e. The SMILES string of the molecule is O=C1CC2CC(=O)C3C(=O)CC4CC(=O)C1C243. The Morgan fingerprint density at radius 3 is 1.24 bits per heavy atom. The molecule has 0 aromatic carbocycles. The van der Waals surface area contributed by atoms with Gasteiger partial charge in [-0.2, -0.15) is 0 Å². The molecule has 0 aromatic heterocycles. The van der Waals surface area contributed by atoms with Crippen molar-refractivity contribution in [1.29, 1.82) is 0 Å². The second-order valence-electron chi connectivity index (χ2n) is 5.94. The van der Waals surface area contributed by atoms with Gasteiger partial charge in [0, 0.05) is 31.1 Å². The Kier molecular flexibility index (Phi) is 1.47. The van der Waals surface area contributed by atoms with Crippen molar-refractivity contribution in [3.8, 4) is 0 Å². The lowest BCUT2D eigenvalue weighted by atomic mass is 9.68. The van der Waals surface area contributed by atoms with Gasteiger partial charge >= 0.3 is 0 Å². The molecule has 4 fully saturated rings. The molecule has 0 unspecified atom stereocenters. The molecule has 4 aliphatic carbocycles. The topological polar surface area (TPSA) is 68.3 Å². The molecule has 4 heteroatoms. The van der Waals surface area contributed by atoms with Crippen molar-refractivity contribution in [3.05, 3.63) is 0 Å². The molecule has 0 heterocycles. The van der Waals surface area contributed by atoms with E-state index in [4.69, 9.17) is 0 Å². The third kappa shape index (κ3) is 0.789. The molecule has 4 rings (SSSR count). The molecular weight excluding hydrogens is 220 g/mol. The minimum absolute atomic E-state index is 0.0188. The van der Waals surface area contributed by atoms with Crippen molar-refractivity contribution < 1.29 is 19.2 Å². The minimum atomic E-state index is -0.625. The summed E-state index contributed by atoms with van der Waals surface area (Å²) in [6.45, 7) is 0. The van der Waals surface area contributed by atoms with Crippen LogP contribution >= 0.6 is 0 Å². The number of hydrogen-bond acceptors (Lipinski definition) is 4. The Bertz CT molecular complexity index is 422. The average molecular weight is 232 g/mol. The molecule has 88 valence electrons. The first-order valence-corrected chi connectivity index (χ1v) is 6.17. The number of carbonyl (C=O) groups is 4. The fourth-order valence-electron chi connectivity index (χ4n) is 5.21. The lowest BCUT2D eigenvalue weighted by molar-refractivity contribution is -0.134. The molecule has 0 atom stereocenters. The Balaban J connectivity index is 1.98. The summed E-state index contributed by atoms with van der Waals surface area (Å²) in [4.78, 5) is 47.9. The zero-order valence-corrected chi connectivity index (χ0v) is 9.27. The Labute approximate surface area is 97.7 Å². The minimum Gasteiger partial charge on any atom is -0.299 e. The van der Waals surface area contributed by atoms with Gasteiger partial charge in [0.2, 0.25) is 0 Å². The van der Waals surface area contributed by atoms with Gasteiger partial charge in [0.25, 0.3) is 0 Å². The standard InChI is InChI=1S/C13H12O4/c14-7-1-5-2-8(15)12-10(17)4-6-3-9(16)11(7)13(5,6)12/h5-6,11-12H,1-4H2. The maximum absolute atomic E-state index is 12.0. The van der Waals surface area contributed by atoms with E-state index in [-0.39, 0.29) is 35.0 Å². The van der Waals surface area contributed by atoms with Crippen molar-refractivity contribution >= 4 is 23.1 Å². The summed E-state index contributed by atoms with van der Waals surface area (Å²) in [5.41, 5.74) is -0.567. The van der Waals surface area contributed by atoms with Gasteiger partial charge in [-0.25, -0.2) is 0 Å². The van der Waals surface area contributed by atoms with Crippen LogP contribution < -0.4 is 0 Å². The highest BCUT2D eigenvalue weighted by Gasteiger charge is 2.76. The van der Waals surface area contributed by atoms with Gasteiger partial charge in [0.1, 0.15) is 23.1 Å². The lowest BCUT2D eigenvalue weighted by Crippen LogP contribution is -2.37. The van der Waals surface area contributed by atoms with Crippen molar-refractivity contribution in [3.63, 3.8) is 0 Å².